The first-order valence-corrected chi connectivity index (χ1v) is 7.36. The maximum Gasteiger partial charge on any atom is 0.235 e. The molecule has 1 amide bonds. The molecule has 0 bridgehead atoms. The zero-order valence-corrected chi connectivity index (χ0v) is 12.4. The van der Waals surface area contributed by atoms with Gasteiger partial charge >= 0.3 is 0 Å². The van der Waals surface area contributed by atoms with Crippen LogP contribution in [0.5, 0.6) is 5.75 Å². The van der Waals surface area contributed by atoms with Crippen LogP contribution in [0.3, 0.4) is 0 Å². The van der Waals surface area contributed by atoms with Crippen LogP contribution >= 0.6 is 0 Å². The van der Waals surface area contributed by atoms with Gasteiger partial charge in [0.1, 0.15) is 11.6 Å². The van der Waals surface area contributed by atoms with E-state index in [1.165, 1.54) is 12.1 Å². The van der Waals surface area contributed by atoms with Gasteiger partial charge in [-0.15, -0.1) is 0 Å². The molecule has 0 aliphatic heterocycles. The molecule has 1 aliphatic carbocycles. The van der Waals surface area contributed by atoms with E-state index in [4.69, 9.17) is 4.74 Å². The number of ether oxygens (including phenoxy) is 1. The molecule has 3 rings (SSSR count). The maximum atomic E-state index is 13.5. The molecule has 3 nitrogen and oxygen atoms in total. The summed E-state index contributed by atoms with van der Waals surface area (Å²) >= 11 is 0. The van der Waals surface area contributed by atoms with Gasteiger partial charge in [-0.1, -0.05) is 18.6 Å². The molecule has 4 heteroatoms. The van der Waals surface area contributed by atoms with E-state index in [9.17, 15) is 9.18 Å². The number of hydrogen-bond acceptors (Lipinski definition) is 2. The summed E-state index contributed by atoms with van der Waals surface area (Å²) in [6.07, 6.45) is 2.48. The van der Waals surface area contributed by atoms with E-state index in [-0.39, 0.29) is 11.7 Å². The lowest BCUT2D eigenvalue weighted by Gasteiger charge is -2.40. The Morgan fingerprint density at radius 1 is 1.18 bits per heavy atom. The minimum Gasteiger partial charge on any atom is -0.497 e. The number of nitrogens with one attached hydrogen (secondary N) is 1. The van der Waals surface area contributed by atoms with Gasteiger partial charge in [0.15, 0.2) is 0 Å². The molecule has 0 atom stereocenters. The summed E-state index contributed by atoms with van der Waals surface area (Å²) in [4.78, 5) is 12.7. The largest absolute Gasteiger partial charge is 0.497 e. The van der Waals surface area contributed by atoms with Gasteiger partial charge in [-0.25, -0.2) is 4.39 Å². The topological polar surface area (TPSA) is 38.3 Å². The lowest BCUT2D eigenvalue weighted by atomic mass is 9.63. The predicted octanol–water partition coefficient (Wildman–Crippen LogP) is 3.89. The number of halogens is 1. The highest BCUT2D eigenvalue weighted by Crippen LogP contribution is 2.44. The molecular formula is C18H18FNO2. The zero-order valence-electron chi connectivity index (χ0n) is 12.4. The normalized spacial score (nSPS) is 15.7. The van der Waals surface area contributed by atoms with Gasteiger partial charge in [0, 0.05) is 5.69 Å². The summed E-state index contributed by atoms with van der Waals surface area (Å²) in [6.45, 7) is 0. The minimum atomic E-state index is -0.609. The quantitative estimate of drug-likeness (QED) is 0.930. The standard InChI is InChI=1S/C18H18FNO2/c1-22-16-8-6-15(7-9-16)20-17(21)18(10-3-11-18)13-4-2-5-14(19)12-13/h2,4-9,12H,3,10-11H2,1H3,(H,20,21). The number of carbonyl (C=O) groups is 1. The second kappa shape index (κ2) is 5.79. The third kappa shape index (κ3) is 2.56. The molecule has 0 radical (unpaired) electrons. The molecule has 1 saturated carbocycles. The van der Waals surface area contributed by atoms with E-state index >= 15 is 0 Å². The Hall–Kier alpha value is -2.36. The molecule has 1 N–H and O–H groups in total. The van der Waals surface area contributed by atoms with Gasteiger partial charge in [0.2, 0.25) is 5.91 Å². The Kier molecular flexibility index (Phi) is 3.84. The highest BCUT2D eigenvalue weighted by molar-refractivity contribution is 5.99. The van der Waals surface area contributed by atoms with Crippen molar-refractivity contribution < 1.29 is 13.9 Å². The molecule has 0 saturated heterocycles. The summed E-state index contributed by atoms with van der Waals surface area (Å²) in [5.74, 6) is 0.358. The number of methoxy groups -OCH3 is 1. The van der Waals surface area contributed by atoms with Gasteiger partial charge < -0.3 is 10.1 Å². The average molecular weight is 299 g/mol. The molecule has 1 aliphatic rings. The van der Waals surface area contributed by atoms with Gasteiger partial charge in [0.25, 0.3) is 0 Å². The van der Waals surface area contributed by atoms with E-state index in [1.54, 1.807) is 37.4 Å². The highest BCUT2D eigenvalue weighted by atomic mass is 19.1. The van der Waals surface area contributed by atoms with E-state index in [0.29, 0.717) is 5.69 Å². The number of rotatable bonds is 4. The molecule has 2 aromatic rings. The molecule has 0 unspecified atom stereocenters. The van der Waals surface area contributed by atoms with Crippen molar-refractivity contribution in [3.8, 4) is 5.75 Å². The fourth-order valence-electron chi connectivity index (χ4n) is 2.89. The second-order valence-corrected chi connectivity index (χ2v) is 5.63. The van der Waals surface area contributed by atoms with Gasteiger partial charge in [-0.3, -0.25) is 4.79 Å². The van der Waals surface area contributed by atoms with Crippen LogP contribution in [0.25, 0.3) is 0 Å². The summed E-state index contributed by atoms with van der Waals surface area (Å²) in [5.41, 5.74) is 0.861. The monoisotopic (exact) mass is 299 g/mol. The summed E-state index contributed by atoms with van der Waals surface area (Å²) in [6, 6.07) is 13.5. The van der Waals surface area contributed by atoms with Gasteiger partial charge in [-0.2, -0.15) is 0 Å². The number of hydrogen-bond donors (Lipinski definition) is 1. The summed E-state index contributed by atoms with van der Waals surface area (Å²) in [5, 5.41) is 2.94. The number of amides is 1. The Labute approximate surface area is 129 Å². The Balaban J connectivity index is 1.82. The predicted molar refractivity (Wildman–Crippen MR) is 83.6 cm³/mol. The minimum absolute atomic E-state index is 0.0745. The summed E-state index contributed by atoms with van der Waals surface area (Å²) in [7, 11) is 1.60. The Morgan fingerprint density at radius 2 is 1.91 bits per heavy atom. The number of benzene rings is 2. The smallest absolute Gasteiger partial charge is 0.235 e. The molecular weight excluding hydrogens is 281 g/mol. The van der Waals surface area contributed by atoms with Gasteiger partial charge in [-0.05, 0) is 54.8 Å². The SMILES string of the molecule is COc1ccc(NC(=O)C2(c3cccc(F)c3)CCC2)cc1. The zero-order chi connectivity index (χ0) is 15.6. The fraction of sp³-hybridized carbons (Fsp3) is 0.278. The van der Waals surface area contributed by atoms with Crippen molar-refractivity contribution in [1.29, 1.82) is 0 Å². The van der Waals surface area contributed by atoms with Crippen LogP contribution in [0.4, 0.5) is 10.1 Å². The first kappa shape index (κ1) is 14.6. The van der Waals surface area contributed by atoms with Crippen LogP contribution < -0.4 is 10.1 Å². The van der Waals surface area contributed by atoms with Crippen LogP contribution in [-0.2, 0) is 10.2 Å². The second-order valence-electron chi connectivity index (χ2n) is 5.63. The highest BCUT2D eigenvalue weighted by Gasteiger charge is 2.45. The lowest BCUT2D eigenvalue weighted by Crippen LogP contribution is -2.46. The van der Waals surface area contributed by atoms with Crippen LogP contribution in [0.15, 0.2) is 48.5 Å². The Bertz CT molecular complexity index is 678. The van der Waals surface area contributed by atoms with E-state index in [0.717, 1.165) is 30.6 Å². The molecule has 2 aromatic carbocycles. The van der Waals surface area contributed by atoms with Gasteiger partial charge in [0.05, 0.1) is 12.5 Å². The van der Waals surface area contributed by atoms with Crippen LogP contribution in [0.1, 0.15) is 24.8 Å². The van der Waals surface area contributed by atoms with Crippen molar-refractivity contribution in [2.45, 2.75) is 24.7 Å². The lowest BCUT2D eigenvalue weighted by molar-refractivity contribution is -0.124. The van der Waals surface area contributed by atoms with E-state index < -0.39 is 5.41 Å². The van der Waals surface area contributed by atoms with Crippen LogP contribution in [0.2, 0.25) is 0 Å². The van der Waals surface area contributed by atoms with Crippen molar-refractivity contribution in [3.63, 3.8) is 0 Å². The molecule has 1 fully saturated rings. The first-order valence-electron chi connectivity index (χ1n) is 7.36. The third-order valence-electron chi connectivity index (χ3n) is 4.37. The third-order valence-corrected chi connectivity index (χ3v) is 4.37. The average Bonchev–Trinajstić information content (AvgIpc) is 2.47. The van der Waals surface area contributed by atoms with Crippen LogP contribution in [0, 0.1) is 5.82 Å². The van der Waals surface area contributed by atoms with Crippen molar-refractivity contribution in [3.05, 3.63) is 59.9 Å². The molecule has 22 heavy (non-hydrogen) atoms. The van der Waals surface area contributed by atoms with E-state index in [1.807, 2.05) is 6.07 Å². The maximum absolute atomic E-state index is 13.5. The number of anilines is 1. The van der Waals surface area contributed by atoms with Crippen molar-refractivity contribution >= 4 is 11.6 Å². The van der Waals surface area contributed by atoms with E-state index in [2.05, 4.69) is 5.32 Å². The molecule has 0 spiro atoms. The van der Waals surface area contributed by atoms with Crippen molar-refractivity contribution in [2.75, 3.05) is 12.4 Å². The fourth-order valence-corrected chi connectivity index (χ4v) is 2.89. The first-order chi connectivity index (χ1) is 10.6. The van der Waals surface area contributed by atoms with Crippen molar-refractivity contribution in [1.82, 2.24) is 0 Å². The summed E-state index contributed by atoms with van der Waals surface area (Å²) < 4.78 is 18.6. The van der Waals surface area contributed by atoms with Crippen LogP contribution in [-0.4, -0.2) is 13.0 Å². The molecule has 0 heterocycles. The molecule has 114 valence electrons. The molecule has 0 aromatic heterocycles. The Morgan fingerprint density at radius 3 is 2.45 bits per heavy atom. The van der Waals surface area contributed by atoms with Crippen molar-refractivity contribution in [2.24, 2.45) is 0 Å². The number of carbonyl (C=O) groups excluding carboxylic acids is 1.